The molecule has 0 fully saturated rings. The summed E-state index contributed by atoms with van der Waals surface area (Å²) in [6.45, 7) is 3.81. The molecular formula is C36H70NO9P. The van der Waals surface area contributed by atoms with Crippen LogP contribution in [0.3, 0.4) is 0 Å². The monoisotopic (exact) mass is 691 g/mol. The molecule has 278 valence electrons. The van der Waals surface area contributed by atoms with Gasteiger partial charge in [-0.25, -0.2) is 4.57 Å². The second kappa shape index (κ2) is 33.2. The fourth-order valence-electron chi connectivity index (χ4n) is 5.08. The first kappa shape index (κ1) is 45.7. The summed E-state index contributed by atoms with van der Waals surface area (Å²) in [4.78, 5) is 33.3. The summed E-state index contributed by atoms with van der Waals surface area (Å²) in [5, 5.41) is 8.85. The molecule has 0 amide bonds. The molecule has 47 heavy (non-hydrogen) atoms. The number of hydrogen-bond acceptors (Lipinski definition) is 8. The van der Waals surface area contributed by atoms with Gasteiger partial charge in [0.2, 0.25) is 0 Å². The average Bonchev–Trinajstić information content (AvgIpc) is 3.04. The number of carbonyl (C=O) groups excluding carboxylic acids is 1. The molecule has 0 aromatic heterocycles. The Kier molecular flexibility index (Phi) is 32.3. The standard InChI is InChI=1S/C36H70NO9P/c1-3-5-7-9-11-13-15-16-17-18-19-21-23-25-27-29-43-30-33(31-44-47(41,42)45-32-34(37)36(39)40)46-35(38)28-26-24-22-20-14-12-10-8-6-4-2/h8,10,33-34H,3-7,9,11-32,37H2,1-2H3,(H,39,40)(H,41,42)/b10-8-. The van der Waals surface area contributed by atoms with Crippen LogP contribution in [-0.4, -0.2) is 60.5 Å². The Bertz CT molecular complexity index is 811. The number of aliphatic carboxylic acids is 1. The van der Waals surface area contributed by atoms with Gasteiger partial charge in [0.25, 0.3) is 0 Å². The number of phosphoric acid groups is 1. The van der Waals surface area contributed by atoms with Gasteiger partial charge in [0.1, 0.15) is 12.1 Å². The zero-order chi connectivity index (χ0) is 34.9. The Balaban J connectivity index is 4.26. The van der Waals surface area contributed by atoms with E-state index >= 15 is 0 Å². The normalized spacial score (nSPS) is 14.3. The predicted octanol–water partition coefficient (Wildman–Crippen LogP) is 9.42. The third kappa shape index (κ3) is 33.0. The number of allylic oxidation sites excluding steroid dienone is 2. The van der Waals surface area contributed by atoms with E-state index in [1.54, 1.807) is 0 Å². The number of carbonyl (C=O) groups is 2. The van der Waals surface area contributed by atoms with Crippen LogP contribution in [0.4, 0.5) is 0 Å². The van der Waals surface area contributed by atoms with Crippen molar-refractivity contribution in [3.05, 3.63) is 12.2 Å². The molecule has 0 aliphatic rings. The number of hydrogen-bond donors (Lipinski definition) is 3. The van der Waals surface area contributed by atoms with Gasteiger partial charge in [-0.1, -0.05) is 142 Å². The molecule has 10 nitrogen and oxygen atoms in total. The minimum Gasteiger partial charge on any atom is -0.480 e. The average molecular weight is 692 g/mol. The van der Waals surface area contributed by atoms with Crippen LogP contribution in [-0.2, 0) is 32.7 Å². The molecule has 0 bridgehead atoms. The van der Waals surface area contributed by atoms with Crippen molar-refractivity contribution in [2.45, 2.75) is 180 Å². The smallest absolute Gasteiger partial charge is 0.472 e. The molecule has 0 saturated carbocycles. The summed E-state index contributed by atoms with van der Waals surface area (Å²) >= 11 is 0. The minimum atomic E-state index is -4.60. The van der Waals surface area contributed by atoms with E-state index in [0.717, 1.165) is 57.8 Å². The molecule has 0 heterocycles. The lowest BCUT2D eigenvalue weighted by molar-refractivity contribution is -0.154. The van der Waals surface area contributed by atoms with Gasteiger partial charge in [0.05, 0.1) is 19.8 Å². The van der Waals surface area contributed by atoms with E-state index in [1.165, 1.54) is 83.5 Å². The van der Waals surface area contributed by atoms with Crippen molar-refractivity contribution in [1.82, 2.24) is 0 Å². The number of esters is 1. The molecule has 3 atom stereocenters. The van der Waals surface area contributed by atoms with Gasteiger partial charge in [-0.2, -0.15) is 0 Å². The Hall–Kier alpha value is -1.29. The number of rotatable bonds is 36. The van der Waals surface area contributed by atoms with Crippen LogP contribution in [0.5, 0.6) is 0 Å². The van der Waals surface area contributed by atoms with Gasteiger partial charge in [-0.3, -0.25) is 18.6 Å². The quantitative estimate of drug-likeness (QED) is 0.0250. The van der Waals surface area contributed by atoms with Gasteiger partial charge in [0.15, 0.2) is 0 Å². The Morgan fingerprint density at radius 3 is 1.70 bits per heavy atom. The highest BCUT2D eigenvalue weighted by Crippen LogP contribution is 2.43. The van der Waals surface area contributed by atoms with Crippen LogP contribution < -0.4 is 5.73 Å². The molecule has 4 N–H and O–H groups in total. The number of carboxylic acid groups (broad SMARTS) is 1. The molecule has 0 saturated heterocycles. The predicted molar refractivity (Wildman–Crippen MR) is 189 cm³/mol. The van der Waals surface area contributed by atoms with Crippen molar-refractivity contribution in [3.8, 4) is 0 Å². The molecule has 0 aromatic rings. The van der Waals surface area contributed by atoms with Gasteiger partial charge >= 0.3 is 19.8 Å². The number of carboxylic acids is 1. The summed E-state index contributed by atoms with van der Waals surface area (Å²) < 4.78 is 33.1. The topological polar surface area (TPSA) is 155 Å². The van der Waals surface area contributed by atoms with Gasteiger partial charge in [0, 0.05) is 13.0 Å². The first-order valence-corrected chi connectivity index (χ1v) is 20.2. The van der Waals surface area contributed by atoms with E-state index in [1.807, 2.05) is 0 Å². The molecule has 0 aliphatic heterocycles. The zero-order valence-corrected chi connectivity index (χ0v) is 30.8. The lowest BCUT2D eigenvalue weighted by Gasteiger charge is -2.20. The van der Waals surface area contributed by atoms with Gasteiger partial charge in [-0.05, 0) is 32.1 Å². The van der Waals surface area contributed by atoms with Crippen molar-refractivity contribution in [3.63, 3.8) is 0 Å². The van der Waals surface area contributed by atoms with Gasteiger partial charge < -0.3 is 25.2 Å². The van der Waals surface area contributed by atoms with Crippen LogP contribution in [0.15, 0.2) is 12.2 Å². The first-order chi connectivity index (χ1) is 22.7. The summed E-state index contributed by atoms with van der Waals surface area (Å²) in [7, 11) is -4.60. The SMILES string of the molecule is CCC/C=C\CCCCCCCC(=O)OC(COCCCCCCCCCCCCCCCCC)COP(=O)(O)OCC(N)C(=O)O. The van der Waals surface area contributed by atoms with Crippen molar-refractivity contribution in [2.75, 3.05) is 26.4 Å². The third-order valence-electron chi connectivity index (χ3n) is 8.03. The second-order valence-electron chi connectivity index (χ2n) is 12.7. The Labute approximate surface area is 286 Å². The maximum absolute atomic E-state index is 12.5. The van der Waals surface area contributed by atoms with E-state index in [4.69, 9.17) is 24.8 Å². The van der Waals surface area contributed by atoms with Crippen LogP contribution >= 0.6 is 7.82 Å². The van der Waals surface area contributed by atoms with Crippen LogP contribution in [0, 0.1) is 0 Å². The number of phosphoric ester groups is 1. The zero-order valence-electron chi connectivity index (χ0n) is 29.9. The minimum absolute atomic E-state index is 0.0184. The van der Waals surface area contributed by atoms with Crippen molar-refractivity contribution in [1.29, 1.82) is 0 Å². The lowest BCUT2D eigenvalue weighted by atomic mass is 10.0. The fraction of sp³-hybridized carbons (Fsp3) is 0.889. The summed E-state index contributed by atoms with van der Waals surface area (Å²) in [6, 6.07) is -1.47. The molecule has 11 heteroatoms. The Morgan fingerprint density at radius 2 is 1.15 bits per heavy atom. The number of nitrogens with two attached hydrogens (primary N) is 1. The highest BCUT2D eigenvalue weighted by atomic mass is 31.2. The van der Waals surface area contributed by atoms with E-state index in [2.05, 4.69) is 30.5 Å². The highest BCUT2D eigenvalue weighted by Gasteiger charge is 2.27. The molecule has 0 rings (SSSR count). The molecule has 0 spiro atoms. The molecule has 0 aromatic carbocycles. The number of unbranched alkanes of at least 4 members (excludes halogenated alkanes) is 20. The summed E-state index contributed by atoms with van der Waals surface area (Å²) in [5.41, 5.74) is 5.33. The van der Waals surface area contributed by atoms with Crippen molar-refractivity contribution < 1.29 is 42.7 Å². The van der Waals surface area contributed by atoms with Gasteiger partial charge in [-0.15, -0.1) is 0 Å². The van der Waals surface area contributed by atoms with Crippen LogP contribution in [0.2, 0.25) is 0 Å². The van der Waals surface area contributed by atoms with E-state index in [-0.39, 0.29) is 13.0 Å². The molecule has 0 aliphatic carbocycles. The maximum atomic E-state index is 12.5. The largest absolute Gasteiger partial charge is 0.480 e. The lowest BCUT2D eigenvalue weighted by Crippen LogP contribution is -2.34. The number of ether oxygens (including phenoxy) is 2. The van der Waals surface area contributed by atoms with E-state index in [9.17, 15) is 19.0 Å². The van der Waals surface area contributed by atoms with E-state index < -0.39 is 45.1 Å². The van der Waals surface area contributed by atoms with E-state index in [0.29, 0.717) is 13.0 Å². The van der Waals surface area contributed by atoms with Crippen molar-refractivity contribution >= 4 is 19.8 Å². The second-order valence-corrected chi connectivity index (χ2v) is 14.2. The first-order valence-electron chi connectivity index (χ1n) is 18.7. The molecule has 3 unspecified atom stereocenters. The third-order valence-corrected chi connectivity index (χ3v) is 8.98. The summed E-state index contributed by atoms with van der Waals surface area (Å²) in [6.07, 6.45) is 31.3. The Morgan fingerprint density at radius 1 is 0.660 bits per heavy atom. The fourth-order valence-corrected chi connectivity index (χ4v) is 5.85. The summed E-state index contributed by atoms with van der Waals surface area (Å²) in [5.74, 6) is -1.79. The molecule has 0 radical (unpaired) electrons. The highest BCUT2D eigenvalue weighted by molar-refractivity contribution is 7.47. The van der Waals surface area contributed by atoms with Crippen LogP contribution in [0.25, 0.3) is 0 Å². The van der Waals surface area contributed by atoms with Crippen LogP contribution in [0.1, 0.15) is 168 Å². The molecular weight excluding hydrogens is 621 g/mol. The van der Waals surface area contributed by atoms with Crippen molar-refractivity contribution in [2.24, 2.45) is 5.73 Å². The maximum Gasteiger partial charge on any atom is 0.472 e.